The quantitative estimate of drug-likeness (QED) is 0.457. The zero-order valence-corrected chi connectivity index (χ0v) is 11.0. The Morgan fingerprint density at radius 2 is 2.00 bits per heavy atom. The van der Waals surface area contributed by atoms with Gasteiger partial charge in [0.1, 0.15) is 5.01 Å². The fourth-order valence-electron chi connectivity index (χ4n) is 1.87. The van der Waals surface area contributed by atoms with Crippen LogP contribution >= 0.6 is 11.3 Å². The van der Waals surface area contributed by atoms with Crippen LogP contribution in [0.1, 0.15) is 5.01 Å². The molecule has 0 saturated heterocycles. The number of aromatic amines is 1. The Kier molecular flexibility index (Phi) is 3.05. The second-order valence-electron chi connectivity index (χ2n) is 4.02. The molecule has 2 heterocycles. The molecular formula is C11H10N6O2S. The Morgan fingerprint density at radius 1 is 1.25 bits per heavy atom. The van der Waals surface area contributed by atoms with Gasteiger partial charge in [0.25, 0.3) is 11.1 Å². The smallest absolute Gasteiger partial charge is 0.273 e. The topological polar surface area (TPSA) is 119 Å². The van der Waals surface area contributed by atoms with Gasteiger partial charge in [-0.05, 0) is 12.1 Å². The first-order valence-electron chi connectivity index (χ1n) is 5.70. The van der Waals surface area contributed by atoms with E-state index in [9.17, 15) is 9.59 Å². The van der Waals surface area contributed by atoms with Gasteiger partial charge in [-0.25, -0.2) is 10.5 Å². The molecule has 4 N–H and O–H groups in total. The third-order valence-electron chi connectivity index (χ3n) is 2.77. The number of hydrazine groups is 1. The molecule has 0 radical (unpaired) electrons. The number of rotatable bonds is 3. The number of anilines is 1. The SMILES string of the molecule is NNc1nnc(Cn2[nH]c(=O)c3ccccc3c2=O)s1. The van der Waals surface area contributed by atoms with Crippen molar-refractivity contribution in [3.63, 3.8) is 0 Å². The Labute approximate surface area is 115 Å². The molecule has 0 aliphatic carbocycles. The van der Waals surface area contributed by atoms with Gasteiger partial charge in [0.15, 0.2) is 0 Å². The molecular weight excluding hydrogens is 280 g/mol. The molecule has 9 heteroatoms. The number of nitrogens with zero attached hydrogens (tertiary/aromatic N) is 3. The second-order valence-corrected chi connectivity index (χ2v) is 5.09. The van der Waals surface area contributed by atoms with Crippen molar-refractivity contribution in [3.05, 3.63) is 50.0 Å². The van der Waals surface area contributed by atoms with Crippen molar-refractivity contribution in [2.45, 2.75) is 6.54 Å². The second kappa shape index (κ2) is 4.87. The lowest BCUT2D eigenvalue weighted by atomic mass is 10.2. The van der Waals surface area contributed by atoms with E-state index >= 15 is 0 Å². The van der Waals surface area contributed by atoms with Crippen molar-refractivity contribution in [2.75, 3.05) is 5.43 Å². The molecule has 0 atom stereocenters. The Hall–Kier alpha value is -2.52. The molecule has 0 amide bonds. The number of benzene rings is 1. The number of nitrogen functional groups attached to an aromatic ring is 1. The molecule has 102 valence electrons. The summed E-state index contributed by atoms with van der Waals surface area (Å²) in [5.74, 6) is 5.22. The van der Waals surface area contributed by atoms with E-state index in [1.54, 1.807) is 24.3 Å². The van der Waals surface area contributed by atoms with E-state index in [0.29, 0.717) is 20.9 Å². The van der Waals surface area contributed by atoms with Crippen LogP contribution in [0.15, 0.2) is 33.9 Å². The highest BCUT2D eigenvalue weighted by Crippen LogP contribution is 2.14. The van der Waals surface area contributed by atoms with Gasteiger partial charge in [-0.15, -0.1) is 10.2 Å². The van der Waals surface area contributed by atoms with Gasteiger partial charge in [-0.3, -0.25) is 20.1 Å². The van der Waals surface area contributed by atoms with Gasteiger partial charge < -0.3 is 0 Å². The summed E-state index contributed by atoms with van der Waals surface area (Å²) < 4.78 is 1.21. The summed E-state index contributed by atoms with van der Waals surface area (Å²) in [6.07, 6.45) is 0. The third-order valence-corrected chi connectivity index (χ3v) is 3.61. The number of hydrogen-bond donors (Lipinski definition) is 3. The summed E-state index contributed by atoms with van der Waals surface area (Å²) in [5, 5.41) is 11.9. The highest BCUT2D eigenvalue weighted by atomic mass is 32.1. The summed E-state index contributed by atoms with van der Waals surface area (Å²) in [5.41, 5.74) is 1.78. The molecule has 8 nitrogen and oxygen atoms in total. The number of nitrogens with two attached hydrogens (primary N) is 1. The highest BCUT2D eigenvalue weighted by molar-refractivity contribution is 7.15. The van der Waals surface area contributed by atoms with E-state index in [4.69, 9.17) is 5.84 Å². The minimum atomic E-state index is -0.318. The van der Waals surface area contributed by atoms with Crippen LogP contribution in [0.5, 0.6) is 0 Å². The van der Waals surface area contributed by atoms with Crippen molar-refractivity contribution in [1.82, 2.24) is 20.0 Å². The molecule has 0 spiro atoms. The number of fused-ring (bicyclic) bond motifs is 1. The average molecular weight is 290 g/mol. The van der Waals surface area contributed by atoms with Crippen LogP contribution in [-0.4, -0.2) is 20.0 Å². The van der Waals surface area contributed by atoms with Crippen molar-refractivity contribution in [3.8, 4) is 0 Å². The van der Waals surface area contributed by atoms with Crippen LogP contribution in [0.2, 0.25) is 0 Å². The molecule has 20 heavy (non-hydrogen) atoms. The Balaban J connectivity index is 2.10. The number of aromatic nitrogens is 4. The summed E-state index contributed by atoms with van der Waals surface area (Å²) in [7, 11) is 0. The van der Waals surface area contributed by atoms with Crippen LogP contribution < -0.4 is 22.4 Å². The van der Waals surface area contributed by atoms with Gasteiger partial charge in [0.05, 0.1) is 17.3 Å². The lowest BCUT2D eigenvalue weighted by Crippen LogP contribution is -2.30. The maximum Gasteiger partial charge on any atom is 0.273 e. The van der Waals surface area contributed by atoms with Crippen molar-refractivity contribution in [2.24, 2.45) is 5.84 Å². The minimum absolute atomic E-state index is 0.137. The number of H-pyrrole nitrogens is 1. The third kappa shape index (κ3) is 2.08. The maximum absolute atomic E-state index is 12.3. The fourth-order valence-corrected chi connectivity index (χ4v) is 2.51. The first kappa shape index (κ1) is 12.5. The molecule has 0 fully saturated rings. The van der Waals surface area contributed by atoms with E-state index in [-0.39, 0.29) is 17.7 Å². The molecule has 3 rings (SSSR count). The van der Waals surface area contributed by atoms with Crippen molar-refractivity contribution >= 4 is 27.2 Å². The molecule has 0 unspecified atom stereocenters. The molecule has 0 saturated carbocycles. The highest BCUT2D eigenvalue weighted by Gasteiger charge is 2.09. The standard InChI is InChI=1S/C11H10N6O2S/c12-13-11-15-14-8(20-11)5-17-10(19)7-4-2-1-3-6(7)9(18)16-17/h1-4H,5,12H2,(H,13,15)(H,16,18). The first-order chi connectivity index (χ1) is 9.69. The molecule has 0 aliphatic heterocycles. The van der Waals surface area contributed by atoms with Gasteiger partial charge >= 0.3 is 0 Å². The van der Waals surface area contributed by atoms with Gasteiger partial charge in [-0.1, -0.05) is 23.5 Å². The Morgan fingerprint density at radius 3 is 2.70 bits per heavy atom. The Bertz CT molecular complexity index is 880. The van der Waals surface area contributed by atoms with E-state index in [1.165, 1.54) is 16.0 Å². The van der Waals surface area contributed by atoms with Crippen LogP contribution in [0.4, 0.5) is 5.13 Å². The van der Waals surface area contributed by atoms with Gasteiger partial charge in [-0.2, -0.15) is 0 Å². The predicted molar refractivity (Wildman–Crippen MR) is 75.6 cm³/mol. The maximum atomic E-state index is 12.3. The molecule has 0 aliphatic rings. The van der Waals surface area contributed by atoms with E-state index in [1.807, 2.05) is 0 Å². The zero-order chi connectivity index (χ0) is 14.1. The summed E-state index contributed by atoms with van der Waals surface area (Å²) in [4.78, 5) is 24.2. The van der Waals surface area contributed by atoms with Crippen LogP contribution in [0.3, 0.4) is 0 Å². The normalized spacial score (nSPS) is 10.8. The summed E-state index contributed by atoms with van der Waals surface area (Å²) in [6, 6.07) is 6.66. The van der Waals surface area contributed by atoms with Gasteiger partial charge in [0.2, 0.25) is 5.13 Å². The molecule has 3 aromatic rings. The van der Waals surface area contributed by atoms with Crippen molar-refractivity contribution in [1.29, 1.82) is 0 Å². The molecule has 0 bridgehead atoms. The van der Waals surface area contributed by atoms with Crippen LogP contribution in [-0.2, 0) is 6.54 Å². The van der Waals surface area contributed by atoms with E-state index in [2.05, 4.69) is 20.7 Å². The van der Waals surface area contributed by atoms with Crippen LogP contribution in [0, 0.1) is 0 Å². The van der Waals surface area contributed by atoms with Gasteiger partial charge in [0, 0.05) is 0 Å². The monoisotopic (exact) mass is 290 g/mol. The lowest BCUT2D eigenvalue weighted by molar-refractivity contribution is 0.630. The summed E-state index contributed by atoms with van der Waals surface area (Å²) in [6.45, 7) is 0.137. The fraction of sp³-hybridized carbons (Fsp3) is 0.0909. The van der Waals surface area contributed by atoms with E-state index < -0.39 is 0 Å². The molecule has 1 aromatic carbocycles. The first-order valence-corrected chi connectivity index (χ1v) is 6.51. The minimum Gasteiger partial charge on any atom is -0.298 e. The lowest BCUT2D eigenvalue weighted by Gasteiger charge is -2.04. The largest absolute Gasteiger partial charge is 0.298 e. The van der Waals surface area contributed by atoms with E-state index in [0.717, 1.165) is 0 Å². The zero-order valence-electron chi connectivity index (χ0n) is 10.2. The van der Waals surface area contributed by atoms with Crippen molar-refractivity contribution < 1.29 is 0 Å². The summed E-state index contributed by atoms with van der Waals surface area (Å²) >= 11 is 1.21. The van der Waals surface area contributed by atoms with Crippen LogP contribution in [0.25, 0.3) is 10.8 Å². The number of nitrogens with one attached hydrogen (secondary N) is 2. The average Bonchev–Trinajstić information content (AvgIpc) is 2.92. The number of hydrogen-bond acceptors (Lipinski definition) is 7. The molecule has 2 aromatic heterocycles. The predicted octanol–water partition coefficient (Wildman–Crippen LogP) is -0.125.